The number of amides is 2. The van der Waals surface area contributed by atoms with Gasteiger partial charge in [0.05, 0.1) is 10.9 Å². The zero-order valence-corrected chi connectivity index (χ0v) is 25.8. The van der Waals surface area contributed by atoms with Gasteiger partial charge in [0.25, 0.3) is 0 Å². The van der Waals surface area contributed by atoms with Gasteiger partial charge < -0.3 is 19.8 Å². The van der Waals surface area contributed by atoms with Crippen LogP contribution < -0.4 is 9.80 Å². The standard InChI is InChI=1S/C38H37N5O3/c44-35-37(20-24-41(27-37)36(45)46)21-25-42(35)31-18-19-33-32(26-31)34(40-22-10-11-23-40)39-43(33)38(28-12-4-1-5-13-28,29-14-6-2-7-15-29)30-16-8-3-9-17-30/h1-9,12-19,26H,10-11,20-25,27H2,(H,45,46). The van der Waals surface area contributed by atoms with Crippen molar-refractivity contribution in [1.82, 2.24) is 14.7 Å². The molecule has 3 aliphatic rings. The minimum absolute atomic E-state index is 0.0258. The van der Waals surface area contributed by atoms with E-state index in [0.717, 1.165) is 65.0 Å². The van der Waals surface area contributed by atoms with E-state index in [0.29, 0.717) is 25.9 Å². The summed E-state index contributed by atoms with van der Waals surface area (Å²) in [5.74, 6) is 0.957. The first-order valence-electron chi connectivity index (χ1n) is 16.3. The number of carbonyl (C=O) groups excluding carboxylic acids is 1. The number of nitrogens with zero attached hydrogens (tertiary/aromatic N) is 5. The van der Waals surface area contributed by atoms with Crippen LogP contribution in [0.4, 0.5) is 16.3 Å². The number of aromatic nitrogens is 2. The minimum atomic E-state index is -0.953. The molecular formula is C38H37N5O3. The lowest BCUT2D eigenvalue weighted by Crippen LogP contribution is -2.39. The van der Waals surface area contributed by atoms with Crippen molar-refractivity contribution < 1.29 is 14.7 Å². The molecule has 1 spiro atoms. The first-order valence-corrected chi connectivity index (χ1v) is 16.3. The summed E-state index contributed by atoms with van der Waals surface area (Å²) < 4.78 is 2.20. The normalized spacial score (nSPS) is 20.0. The molecule has 0 saturated carbocycles. The van der Waals surface area contributed by atoms with Crippen LogP contribution in [0.3, 0.4) is 0 Å². The third-order valence-corrected chi connectivity index (χ3v) is 10.4. The maximum atomic E-state index is 14.0. The highest BCUT2D eigenvalue weighted by molar-refractivity contribution is 6.03. The Hall–Kier alpha value is -5.11. The Balaban J connectivity index is 1.34. The molecule has 1 unspecified atom stereocenters. The molecule has 1 aromatic heterocycles. The molecule has 2 amide bonds. The summed E-state index contributed by atoms with van der Waals surface area (Å²) in [6.07, 6.45) is 2.50. The van der Waals surface area contributed by atoms with Crippen LogP contribution in [0.1, 0.15) is 42.4 Å². The van der Waals surface area contributed by atoms with Gasteiger partial charge in [0.2, 0.25) is 5.91 Å². The van der Waals surface area contributed by atoms with Crippen molar-refractivity contribution in [3.63, 3.8) is 0 Å². The number of rotatable bonds is 6. The van der Waals surface area contributed by atoms with Gasteiger partial charge in [0.15, 0.2) is 5.82 Å². The van der Waals surface area contributed by atoms with Crippen molar-refractivity contribution in [2.75, 3.05) is 42.5 Å². The van der Waals surface area contributed by atoms with Crippen molar-refractivity contribution in [3.8, 4) is 0 Å². The van der Waals surface area contributed by atoms with E-state index in [-0.39, 0.29) is 12.5 Å². The Morgan fingerprint density at radius 1 is 0.739 bits per heavy atom. The summed E-state index contributed by atoms with van der Waals surface area (Å²) in [7, 11) is 0. The summed E-state index contributed by atoms with van der Waals surface area (Å²) in [5, 5.41) is 16.1. The van der Waals surface area contributed by atoms with Crippen LogP contribution in [-0.2, 0) is 10.3 Å². The monoisotopic (exact) mass is 611 g/mol. The first-order chi connectivity index (χ1) is 22.5. The molecule has 8 rings (SSSR count). The summed E-state index contributed by atoms with van der Waals surface area (Å²) >= 11 is 0. The Labute approximate surface area is 268 Å². The Morgan fingerprint density at radius 2 is 1.30 bits per heavy atom. The summed E-state index contributed by atoms with van der Waals surface area (Å²) in [6.45, 7) is 3.11. The minimum Gasteiger partial charge on any atom is -0.465 e. The number of fused-ring (bicyclic) bond motifs is 1. The predicted molar refractivity (Wildman–Crippen MR) is 179 cm³/mol. The molecule has 0 radical (unpaired) electrons. The Bertz CT molecular complexity index is 1810. The fourth-order valence-corrected chi connectivity index (χ4v) is 8.06. The zero-order chi connectivity index (χ0) is 31.3. The van der Waals surface area contributed by atoms with E-state index in [1.807, 2.05) is 29.2 Å². The highest BCUT2D eigenvalue weighted by atomic mass is 16.4. The summed E-state index contributed by atoms with van der Waals surface area (Å²) in [4.78, 5) is 31.3. The Morgan fingerprint density at radius 3 is 1.85 bits per heavy atom. The number of likely N-dealkylation sites (tertiary alicyclic amines) is 1. The van der Waals surface area contributed by atoms with Gasteiger partial charge in [-0.2, -0.15) is 5.10 Å². The highest BCUT2D eigenvalue weighted by Crippen LogP contribution is 2.46. The SMILES string of the molecule is O=C(O)N1CCC2(CCN(c3ccc4c(c3)c(N3CCCC3)nn4C(c3ccccc3)(c3ccccc3)c3ccccc3)C2=O)C1. The number of carbonyl (C=O) groups is 2. The quantitative estimate of drug-likeness (QED) is 0.219. The van der Waals surface area contributed by atoms with Gasteiger partial charge in [-0.15, -0.1) is 0 Å². The Kier molecular flexibility index (Phi) is 6.82. The molecule has 1 atom stereocenters. The third kappa shape index (κ3) is 4.30. The number of carboxylic acid groups (broad SMARTS) is 1. The lowest BCUT2D eigenvalue weighted by molar-refractivity contribution is -0.124. The van der Waals surface area contributed by atoms with E-state index in [2.05, 4.69) is 94.5 Å². The van der Waals surface area contributed by atoms with E-state index in [9.17, 15) is 14.7 Å². The highest BCUT2D eigenvalue weighted by Gasteiger charge is 2.52. The fraction of sp³-hybridized carbons (Fsp3) is 0.289. The fourth-order valence-electron chi connectivity index (χ4n) is 8.06. The molecular weight excluding hydrogens is 574 g/mol. The van der Waals surface area contributed by atoms with Gasteiger partial charge in [0, 0.05) is 43.8 Å². The average Bonchev–Trinajstić information content (AvgIpc) is 3.91. The molecule has 0 aliphatic carbocycles. The third-order valence-electron chi connectivity index (χ3n) is 10.4. The predicted octanol–water partition coefficient (Wildman–Crippen LogP) is 6.58. The number of hydrogen-bond acceptors (Lipinski definition) is 4. The van der Waals surface area contributed by atoms with Crippen LogP contribution in [0.5, 0.6) is 0 Å². The summed E-state index contributed by atoms with van der Waals surface area (Å²) in [5.41, 5.74) is 3.74. The second-order valence-electron chi connectivity index (χ2n) is 12.9. The van der Waals surface area contributed by atoms with Gasteiger partial charge in [0.1, 0.15) is 5.54 Å². The molecule has 1 N–H and O–H groups in total. The lowest BCUT2D eigenvalue weighted by Gasteiger charge is -2.37. The van der Waals surface area contributed by atoms with Crippen molar-refractivity contribution in [1.29, 1.82) is 0 Å². The maximum absolute atomic E-state index is 14.0. The van der Waals surface area contributed by atoms with Crippen LogP contribution in [0.2, 0.25) is 0 Å². The van der Waals surface area contributed by atoms with Crippen LogP contribution in [0.15, 0.2) is 109 Å². The number of hydrogen-bond donors (Lipinski definition) is 1. The molecule has 8 nitrogen and oxygen atoms in total. The van der Waals surface area contributed by atoms with Gasteiger partial charge in [-0.25, -0.2) is 9.48 Å². The van der Waals surface area contributed by atoms with E-state index < -0.39 is 17.0 Å². The molecule has 4 heterocycles. The molecule has 3 fully saturated rings. The molecule has 3 saturated heterocycles. The molecule has 5 aromatic rings. The van der Waals surface area contributed by atoms with Crippen LogP contribution in [0, 0.1) is 5.41 Å². The molecule has 3 aliphatic heterocycles. The number of benzene rings is 4. The number of anilines is 2. The first kappa shape index (κ1) is 28.4. The van der Waals surface area contributed by atoms with Gasteiger partial charge in [-0.3, -0.25) is 4.79 Å². The molecule has 232 valence electrons. The average molecular weight is 612 g/mol. The van der Waals surface area contributed by atoms with E-state index >= 15 is 0 Å². The zero-order valence-electron chi connectivity index (χ0n) is 25.8. The molecule has 0 bridgehead atoms. The largest absolute Gasteiger partial charge is 0.465 e. The van der Waals surface area contributed by atoms with Crippen molar-refractivity contribution in [3.05, 3.63) is 126 Å². The van der Waals surface area contributed by atoms with E-state index in [1.54, 1.807) is 0 Å². The van der Waals surface area contributed by atoms with E-state index in [1.165, 1.54) is 4.90 Å². The smallest absolute Gasteiger partial charge is 0.407 e. The van der Waals surface area contributed by atoms with Crippen LogP contribution in [0.25, 0.3) is 10.9 Å². The molecule has 8 heteroatoms. The van der Waals surface area contributed by atoms with E-state index in [4.69, 9.17) is 5.10 Å². The molecule has 46 heavy (non-hydrogen) atoms. The van der Waals surface area contributed by atoms with Gasteiger partial charge >= 0.3 is 6.09 Å². The van der Waals surface area contributed by atoms with Gasteiger partial charge in [-0.1, -0.05) is 91.0 Å². The van der Waals surface area contributed by atoms with Gasteiger partial charge in [-0.05, 0) is 60.6 Å². The van der Waals surface area contributed by atoms with Crippen LogP contribution in [-0.4, -0.2) is 64.5 Å². The maximum Gasteiger partial charge on any atom is 0.407 e. The summed E-state index contributed by atoms with van der Waals surface area (Å²) in [6, 6.07) is 38.1. The van der Waals surface area contributed by atoms with Crippen molar-refractivity contribution in [2.24, 2.45) is 5.41 Å². The topological polar surface area (TPSA) is 81.9 Å². The second-order valence-corrected chi connectivity index (χ2v) is 12.9. The molecule has 4 aromatic carbocycles. The van der Waals surface area contributed by atoms with Crippen molar-refractivity contribution in [2.45, 2.75) is 31.2 Å². The van der Waals surface area contributed by atoms with Crippen molar-refractivity contribution >= 4 is 34.4 Å². The van der Waals surface area contributed by atoms with Crippen LogP contribution >= 0.6 is 0 Å². The second kappa shape index (κ2) is 11.1. The lowest BCUT2D eigenvalue weighted by atomic mass is 9.77.